The van der Waals surface area contributed by atoms with Crippen molar-refractivity contribution < 1.29 is 9.47 Å². The van der Waals surface area contributed by atoms with Crippen LogP contribution in [0.1, 0.15) is 30.7 Å². The summed E-state index contributed by atoms with van der Waals surface area (Å²) in [7, 11) is 0. The van der Waals surface area contributed by atoms with Gasteiger partial charge >= 0.3 is 0 Å². The molecule has 0 aromatic heterocycles. The van der Waals surface area contributed by atoms with E-state index in [0.29, 0.717) is 0 Å². The monoisotopic (exact) mass is 247 g/mol. The molecule has 0 spiro atoms. The number of piperidine rings is 1. The first kappa shape index (κ1) is 12.0. The molecular weight excluding hydrogens is 226 g/mol. The summed E-state index contributed by atoms with van der Waals surface area (Å²) in [6, 6.07) is 8.66. The average Bonchev–Trinajstić information content (AvgIpc) is 2.94. The molecule has 3 rings (SSSR count). The Bertz CT molecular complexity index is 365. The van der Waals surface area contributed by atoms with Crippen LogP contribution in [0, 0.1) is 0 Å². The second-order valence-electron chi connectivity index (χ2n) is 5.20. The van der Waals surface area contributed by atoms with E-state index >= 15 is 0 Å². The van der Waals surface area contributed by atoms with Gasteiger partial charge in [-0.05, 0) is 49.5 Å². The van der Waals surface area contributed by atoms with Crippen LogP contribution in [0.2, 0.25) is 0 Å². The van der Waals surface area contributed by atoms with Crippen LogP contribution in [0.25, 0.3) is 0 Å². The number of benzene rings is 1. The Labute approximate surface area is 108 Å². The summed E-state index contributed by atoms with van der Waals surface area (Å²) in [6.07, 6.45) is 3.75. The van der Waals surface area contributed by atoms with Crippen molar-refractivity contribution in [3.63, 3.8) is 0 Å². The maximum absolute atomic E-state index is 5.88. The molecule has 0 amide bonds. The van der Waals surface area contributed by atoms with Gasteiger partial charge in [0.1, 0.15) is 11.9 Å². The Balaban J connectivity index is 1.60. The van der Waals surface area contributed by atoms with Crippen molar-refractivity contribution >= 4 is 0 Å². The molecule has 2 fully saturated rings. The van der Waals surface area contributed by atoms with Gasteiger partial charge in [-0.2, -0.15) is 0 Å². The van der Waals surface area contributed by atoms with Gasteiger partial charge in [0, 0.05) is 6.42 Å². The zero-order chi connectivity index (χ0) is 12.2. The Morgan fingerprint density at radius 1 is 1.06 bits per heavy atom. The lowest BCUT2D eigenvalue weighted by molar-refractivity contribution is 0.141. The van der Waals surface area contributed by atoms with E-state index in [1.165, 1.54) is 18.4 Å². The minimum atomic E-state index is 0.245. The van der Waals surface area contributed by atoms with Crippen molar-refractivity contribution in [1.82, 2.24) is 5.32 Å². The molecule has 1 aromatic rings. The molecule has 0 radical (unpaired) electrons. The third kappa shape index (κ3) is 2.85. The lowest BCUT2D eigenvalue weighted by Gasteiger charge is -2.23. The molecule has 18 heavy (non-hydrogen) atoms. The van der Waals surface area contributed by atoms with Crippen molar-refractivity contribution in [3.8, 4) is 5.75 Å². The third-order valence-electron chi connectivity index (χ3n) is 3.88. The van der Waals surface area contributed by atoms with Crippen LogP contribution in [0.15, 0.2) is 24.3 Å². The minimum absolute atomic E-state index is 0.245. The summed E-state index contributed by atoms with van der Waals surface area (Å²) < 4.78 is 11.2. The molecule has 0 bridgehead atoms. The van der Waals surface area contributed by atoms with E-state index in [9.17, 15) is 0 Å². The van der Waals surface area contributed by atoms with Gasteiger partial charge in [0.25, 0.3) is 0 Å². The Morgan fingerprint density at radius 2 is 1.83 bits per heavy atom. The van der Waals surface area contributed by atoms with Crippen LogP contribution < -0.4 is 10.1 Å². The van der Waals surface area contributed by atoms with Crippen LogP contribution in [0.5, 0.6) is 5.75 Å². The van der Waals surface area contributed by atoms with Gasteiger partial charge in [0.05, 0.1) is 13.2 Å². The summed E-state index contributed by atoms with van der Waals surface area (Å²) >= 11 is 0. The Hall–Kier alpha value is -1.06. The molecular formula is C15H21NO2. The largest absolute Gasteiger partial charge is 0.488 e. The van der Waals surface area contributed by atoms with Crippen molar-refractivity contribution in [2.45, 2.75) is 31.3 Å². The predicted molar refractivity (Wildman–Crippen MR) is 71.1 cm³/mol. The molecule has 2 saturated heterocycles. The summed E-state index contributed by atoms with van der Waals surface area (Å²) in [5, 5.41) is 3.41. The number of ether oxygens (including phenoxy) is 2. The molecule has 98 valence electrons. The standard InChI is InChI=1S/C15H21NO2/c1-3-14(18-15-7-10-17-11-15)4-2-12(1)13-5-8-16-9-6-13/h1-4,13,15-16H,5-11H2. The maximum Gasteiger partial charge on any atom is 0.124 e. The molecule has 2 heterocycles. The van der Waals surface area contributed by atoms with Gasteiger partial charge in [-0.3, -0.25) is 0 Å². The van der Waals surface area contributed by atoms with Crippen molar-refractivity contribution in [2.24, 2.45) is 0 Å². The fraction of sp³-hybridized carbons (Fsp3) is 0.600. The third-order valence-corrected chi connectivity index (χ3v) is 3.88. The van der Waals surface area contributed by atoms with Gasteiger partial charge in [-0.1, -0.05) is 12.1 Å². The molecule has 1 unspecified atom stereocenters. The van der Waals surface area contributed by atoms with Crippen LogP contribution >= 0.6 is 0 Å². The van der Waals surface area contributed by atoms with E-state index in [1.807, 2.05) is 0 Å². The highest BCUT2D eigenvalue weighted by atomic mass is 16.5. The SMILES string of the molecule is c1cc(C2CCNCC2)ccc1OC1CCOC1. The Kier molecular flexibility index (Phi) is 3.81. The topological polar surface area (TPSA) is 30.5 Å². The average molecular weight is 247 g/mol. The Morgan fingerprint density at radius 3 is 2.50 bits per heavy atom. The first-order valence-corrected chi connectivity index (χ1v) is 6.97. The van der Waals surface area contributed by atoms with Gasteiger partial charge in [-0.25, -0.2) is 0 Å². The van der Waals surface area contributed by atoms with E-state index < -0.39 is 0 Å². The van der Waals surface area contributed by atoms with Crippen LogP contribution in [-0.2, 0) is 4.74 Å². The fourth-order valence-corrected chi connectivity index (χ4v) is 2.77. The lowest BCUT2D eigenvalue weighted by atomic mass is 9.90. The molecule has 1 atom stereocenters. The van der Waals surface area contributed by atoms with E-state index in [0.717, 1.165) is 44.4 Å². The van der Waals surface area contributed by atoms with Gasteiger partial charge in [-0.15, -0.1) is 0 Å². The zero-order valence-corrected chi connectivity index (χ0v) is 10.7. The molecule has 1 N–H and O–H groups in total. The number of hydrogen-bond acceptors (Lipinski definition) is 3. The van der Waals surface area contributed by atoms with Crippen molar-refractivity contribution in [3.05, 3.63) is 29.8 Å². The van der Waals surface area contributed by atoms with Crippen molar-refractivity contribution in [2.75, 3.05) is 26.3 Å². The van der Waals surface area contributed by atoms with E-state index in [1.54, 1.807) is 0 Å². The maximum atomic E-state index is 5.88. The number of hydrogen-bond donors (Lipinski definition) is 1. The summed E-state index contributed by atoms with van der Waals surface area (Å²) in [4.78, 5) is 0. The van der Waals surface area contributed by atoms with Gasteiger partial charge < -0.3 is 14.8 Å². The second kappa shape index (κ2) is 5.72. The summed E-state index contributed by atoms with van der Waals surface area (Å²) in [5.74, 6) is 1.69. The second-order valence-corrected chi connectivity index (χ2v) is 5.20. The molecule has 2 aliphatic rings. The van der Waals surface area contributed by atoms with Crippen LogP contribution in [0.3, 0.4) is 0 Å². The highest BCUT2D eigenvalue weighted by molar-refractivity contribution is 5.30. The summed E-state index contributed by atoms with van der Waals surface area (Å²) in [5.41, 5.74) is 1.45. The quantitative estimate of drug-likeness (QED) is 0.889. The van der Waals surface area contributed by atoms with Crippen LogP contribution in [0.4, 0.5) is 0 Å². The molecule has 3 heteroatoms. The highest BCUT2D eigenvalue weighted by Crippen LogP contribution is 2.27. The van der Waals surface area contributed by atoms with Crippen LogP contribution in [-0.4, -0.2) is 32.4 Å². The predicted octanol–water partition coefficient (Wildman–Crippen LogP) is 2.32. The fourth-order valence-electron chi connectivity index (χ4n) is 2.77. The van der Waals surface area contributed by atoms with E-state index in [-0.39, 0.29) is 6.10 Å². The van der Waals surface area contributed by atoms with Crippen molar-refractivity contribution in [1.29, 1.82) is 0 Å². The van der Waals surface area contributed by atoms with Gasteiger partial charge in [0.2, 0.25) is 0 Å². The summed E-state index contributed by atoms with van der Waals surface area (Å²) in [6.45, 7) is 3.85. The molecule has 0 aliphatic carbocycles. The number of nitrogens with one attached hydrogen (secondary N) is 1. The van der Waals surface area contributed by atoms with E-state index in [2.05, 4.69) is 29.6 Å². The minimum Gasteiger partial charge on any atom is -0.488 e. The molecule has 2 aliphatic heterocycles. The normalized spacial score (nSPS) is 25.2. The smallest absolute Gasteiger partial charge is 0.124 e. The molecule has 0 saturated carbocycles. The zero-order valence-electron chi connectivity index (χ0n) is 10.7. The first-order valence-electron chi connectivity index (χ1n) is 6.97. The highest BCUT2D eigenvalue weighted by Gasteiger charge is 2.18. The van der Waals surface area contributed by atoms with Gasteiger partial charge in [0.15, 0.2) is 0 Å². The molecule has 1 aromatic carbocycles. The lowest BCUT2D eigenvalue weighted by Crippen LogP contribution is -2.26. The molecule has 3 nitrogen and oxygen atoms in total. The number of rotatable bonds is 3. The van der Waals surface area contributed by atoms with E-state index in [4.69, 9.17) is 9.47 Å². The first-order chi connectivity index (χ1) is 8.92.